The molecule has 74 valence electrons. The van der Waals surface area contributed by atoms with Gasteiger partial charge in [0.25, 0.3) is 0 Å². The molecule has 0 bridgehead atoms. The molecule has 2 atom stereocenters. The van der Waals surface area contributed by atoms with Gasteiger partial charge in [0.15, 0.2) is 5.82 Å². The Morgan fingerprint density at radius 2 is 2.23 bits per heavy atom. The molecule has 0 aliphatic heterocycles. The van der Waals surface area contributed by atoms with Gasteiger partial charge in [-0.05, 0) is 24.3 Å². The zero-order chi connectivity index (χ0) is 9.84. The molecule has 2 unspecified atom stereocenters. The first-order valence-electron chi connectivity index (χ1n) is 4.19. The van der Waals surface area contributed by atoms with Crippen molar-refractivity contribution >= 4 is 0 Å². The molecule has 0 saturated heterocycles. The van der Waals surface area contributed by atoms with E-state index < -0.39 is 0 Å². The summed E-state index contributed by atoms with van der Waals surface area (Å²) in [5.74, 6) is 0.685. The monoisotopic (exact) mass is 185 g/mol. The third-order valence-electron chi connectivity index (χ3n) is 1.75. The van der Waals surface area contributed by atoms with E-state index in [2.05, 4.69) is 15.5 Å². The Labute approximate surface area is 77.1 Å². The van der Waals surface area contributed by atoms with Crippen LogP contribution in [0.3, 0.4) is 0 Å². The molecular formula is C7H15N5O. The van der Waals surface area contributed by atoms with Crippen molar-refractivity contribution in [3.05, 3.63) is 5.82 Å². The summed E-state index contributed by atoms with van der Waals surface area (Å²) >= 11 is 0. The molecule has 0 fully saturated rings. The van der Waals surface area contributed by atoms with Gasteiger partial charge in [0.2, 0.25) is 0 Å². The van der Waals surface area contributed by atoms with Crippen LogP contribution in [0.15, 0.2) is 0 Å². The molecule has 0 aromatic carbocycles. The fraction of sp³-hybridized carbons (Fsp3) is 0.857. The maximum Gasteiger partial charge on any atom is 0.168 e. The fourth-order valence-electron chi connectivity index (χ4n) is 1.13. The molecule has 6 nitrogen and oxygen atoms in total. The van der Waals surface area contributed by atoms with Gasteiger partial charge in [0.05, 0.1) is 18.7 Å². The largest absolute Gasteiger partial charge is 0.382 e. The van der Waals surface area contributed by atoms with Gasteiger partial charge in [0.1, 0.15) is 0 Å². The molecule has 1 rings (SSSR count). The van der Waals surface area contributed by atoms with Crippen LogP contribution in [0.1, 0.15) is 31.8 Å². The van der Waals surface area contributed by atoms with Crippen molar-refractivity contribution in [1.82, 2.24) is 20.2 Å². The van der Waals surface area contributed by atoms with Gasteiger partial charge >= 0.3 is 0 Å². The second-order valence-corrected chi connectivity index (χ2v) is 3.07. The van der Waals surface area contributed by atoms with Crippen LogP contribution >= 0.6 is 0 Å². The summed E-state index contributed by atoms with van der Waals surface area (Å²) in [7, 11) is 1.65. The van der Waals surface area contributed by atoms with Crippen molar-refractivity contribution in [2.24, 2.45) is 5.73 Å². The third kappa shape index (κ3) is 2.22. The molecule has 6 heteroatoms. The van der Waals surface area contributed by atoms with Crippen molar-refractivity contribution in [2.45, 2.75) is 25.9 Å². The minimum absolute atomic E-state index is 0.112. The molecule has 1 aromatic heterocycles. The van der Waals surface area contributed by atoms with Crippen LogP contribution in [0.25, 0.3) is 0 Å². The lowest BCUT2D eigenvalue weighted by molar-refractivity contribution is 0.154. The molecule has 0 amide bonds. The van der Waals surface area contributed by atoms with Gasteiger partial charge in [-0.25, -0.2) is 4.68 Å². The van der Waals surface area contributed by atoms with Crippen molar-refractivity contribution < 1.29 is 4.74 Å². The number of tetrazole rings is 1. The molecule has 0 radical (unpaired) electrons. The summed E-state index contributed by atoms with van der Waals surface area (Å²) in [5, 5.41) is 11.3. The minimum atomic E-state index is -0.158. The summed E-state index contributed by atoms with van der Waals surface area (Å²) < 4.78 is 6.69. The van der Waals surface area contributed by atoms with Crippen LogP contribution in [0, 0.1) is 0 Å². The van der Waals surface area contributed by atoms with E-state index in [9.17, 15) is 0 Å². The standard InChI is InChI=1S/C7H15N5O/c1-5(4-13-3)12-7(6(2)8)9-10-11-12/h5-6H,4,8H2,1-3H3. The summed E-state index contributed by atoms with van der Waals surface area (Å²) in [6.45, 7) is 4.40. The predicted molar refractivity (Wildman–Crippen MR) is 47.0 cm³/mol. The van der Waals surface area contributed by atoms with E-state index in [4.69, 9.17) is 10.5 Å². The lowest BCUT2D eigenvalue weighted by atomic mass is 10.3. The van der Waals surface area contributed by atoms with E-state index >= 15 is 0 Å². The Morgan fingerprint density at radius 1 is 1.54 bits per heavy atom. The Morgan fingerprint density at radius 3 is 2.77 bits per heavy atom. The molecule has 0 aliphatic rings. The predicted octanol–water partition coefficient (Wildman–Crippen LogP) is -0.0998. The van der Waals surface area contributed by atoms with Crippen LogP contribution in [-0.2, 0) is 4.74 Å². The van der Waals surface area contributed by atoms with Gasteiger partial charge in [-0.3, -0.25) is 0 Å². The Balaban J connectivity index is 2.80. The van der Waals surface area contributed by atoms with E-state index in [1.807, 2.05) is 13.8 Å². The average Bonchev–Trinajstić information content (AvgIpc) is 2.52. The normalized spacial score (nSPS) is 15.7. The number of hydrogen-bond acceptors (Lipinski definition) is 5. The highest BCUT2D eigenvalue weighted by Gasteiger charge is 2.15. The lowest BCUT2D eigenvalue weighted by Gasteiger charge is -2.13. The van der Waals surface area contributed by atoms with Crippen molar-refractivity contribution in [3.8, 4) is 0 Å². The summed E-state index contributed by atoms with van der Waals surface area (Å²) in [5.41, 5.74) is 5.69. The highest BCUT2D eigenvalue weighted by molar-refractivity contribution is 4.89. The Hall–Kier alpha value is -1.01. The number of aromatic nitrogens is 4. The van der Waals surface area contributed by atoms with E-state index in [1.165, 1.54) is 0 Å². The minimum Gasteiger partial charge on any atom is -0.382 e. The molecule has 1 aromatic rings. The summed E-state index contributed by atoms with van der Waals surface area (Å²) in [4.78, 5) is 0. The highest BCUT2D eigenvalue weighted by atomic mass is 16.5. The van der Waals surface area contributed by atoms with E-state index in [1.54, 1.807) is 11.8 Å². The average molecular weight is 185 g/mol. The van der Waals surface area contributed by atoms with Gasteiger partial charge in [-0.2, -0.15) is 0 Å². The zero-order valence-corrected chi connectivity index (χ0v) is 8.14. The first kappa shape index (κ1) is 10.1. The second kappa shape index (κ2) is 4.29. The van der Waals surface area contributed by atoms with E-state index in [0.29, 0.717) is 12.4 Å². The maximum atomic E-state index is 5.69. The topological polar surface area (TPSA) is 78.8 Å². The first-order valence-corrected chi connectivity index (χ1v) is 4.19. The number of ether oxygens (including phenoxy) is 1. The molecular weight excluding hydrogens is 170 g/mol. The van der Waals surface area contributed by atoms with Crippen molar-refractivity contribution in [2.75, 3.05) is 13.7 Å². The zero-order valence-electron chi connectivity index (χ0n) is 8.14. The fourth-order valence-corrected chi connectivity index (χ4v) is 1.13. The molecule has 0 spiro atoms. The summed E-state index contributed by atoms with van der Waals surface area (Å²) in [6.07, 6.45) is 0. The van der Waals surface area contributed by atoms with Gasteiger partial charge in [-0.1, -0.05) is 0 Å². The first-order chi connectivity index (χ1) is 6.16. The number of methoxy groups -OCH3 is 1. The number of rotatable bonds is 4. The van der Waals surface area contributed by atoms with Crippen LogP contribution in [-0.4, -0.2) is 33.9 Å². The van der Waals surface area contributed by atoms with Gasteiger partial charge in [0, 0.05) is 7.11 Å². The van der Waals surface area contributed by atoms with Crippen LogP contribution in [0.5, 0.6) is 0 Å². The molecule has 2 N–H and O–H groups in total. The van der Waals surface area contributed by atoms with Crippen molar-refractivity contribution in [3.63, 3.8) is 0 Å². The number of nitrogens with two attached hydrogens (primary N) is 1. The summed E-state index contributed by atoms with van der Waals surface area (Å²) in [6, 6.07) is -0.0460. The van der Waals surface area contributed by atoms with Gasteiger partial charge < -0.3 is 10.5 Å². The molecule has 13 heavy (non-hydrogen) atoms. The van der Waals surface area contributed by atoms with Crippen LogP contribution in [0.4, 0.5) is 0 Å². The van der Waals surface area contributed by atoms with E-state index in [-0.39, 0.29) is 12.1 Å². The van der Waals surface area contributed by atoms with E-state index in [0.717, 1.165) is 0 Å². The Bertz CT molecular complexity index is 259. The highest BCUT2D eigenvalue weighted by Crippen LogP contribution is 2.10. The Kier molecular flexibility index (Phi) is 3.32. The number of hydrogen-bond donors (Lipinski definition) is 1. The third-order valence-corrected chi connectivity index (χ3v) is 1.75. The van der Waals surface area contributed by atoms with Crippen LogP contribution < -0.4 is 5.73 Å². The quantitative estimate of drug-likeness (QED) is 0.708. The second-order valence-electron chi connectivity index (χ2n) is 3.07. The number of nitrogens with zero attached hydrogens (tertiary/aromatic N) is 4. The SMILES string of the molecule is COCC(C)n1nnnc1C(C)N. The van der Waals surface area contributed by atoms with Crippen molar-refractivity contribution in [1.29, 1.82) is 0 Å². The van der Waals surface area contributed by atoms with Gasteiger partial charge in [-0.15, -0.1) is 5.10 Å². The molecule has 0 aliphatic carbocycles. The molecule has 1 heterocycles. The smallest absolute Gasteiger partial charge is 0.168 e. The maximum absolute atomic E-state index is 5.69. The molecule has 0 saturated carbocycles. The lowest BCUT2D eigenvalue weighted by Crippen LogP contribution is -2.20. The van der Waals surface area contributed by atoms with Crippen LogP contribution in [0.2, 0.25) is 0 Å².